The molecule has 1 fully saturated rings. The number of nitrogens with zero attached hydrogens (tertiary/aromatic N) is 2. The van der Waals surface area contributed by atoms with Crippen LogP contribution >= 0.6 is 0 Å². The van der Waals surface area contributed by atoms with E-state index >= 15 is 0 Å². The van der Waals surface area contributed by atoms with E-state index in [0.717, 1.165) is 16.5 Å². The number of benzene rings is 1. The first kappa shape index (κ1) is 14.3. The quantitative estimate of drug-likeness (QED) is 0.773. The molecule has 108 valence electrons. The van der Waals surface area contributed by atoms with Gasteiger partial charge in [0, 0.05) is 25.7 Å². The highest BCUT2D eigenvalue weighted by molar-refractivity contribution is 6.00. The number of hydrogen-bond acceptors (Lipinski definition) is 4. The molecule has 6 heteroatoms. The Kier molecular flexibility index (Phi) is 4.24. The third-order valence-electron chi connectivity index (χ3n) is 3.44. The Morgan fingerprint density at radius 3 is 2.50 bits per heavy atom. The molecule has 1 aromatic rings. The standard InChI is InChI=1S/C14H18N2O4/c1-15(20-3)14(18)10-8-13(17)16(9-10)11-4-6-12(19-2)7-5-11/h4-7,10H,8-9H2,1-3H3/t10-/m1/s1. The molecular weight excluding hydrogens is 260 g/mol. The van der Waals surface area contributed by atoms with Crippen molar-refractivity contribution in [2.24, 2.45) is 5.92 Å². The zero-order valence-electron chi connectivity index (χ0n) is 11.8. The summed E-state index contributed by atoms with van der Waals surface area (Å²) in [6, 6.07) is 7.20. The van der Waals surface area contributed by atoms with Crippen LogP contribution in [-0.2, 0) is 14.4 Å². The van der Waals surface area contributed by atoms with Crippen LogP contribution in [0.5, 0.6) is 5.75 Å². The molecule has 1 aliphatic rings. The van der Waals surface area contributed by atoms with Crippen LogP contribution in [0.15, 0.2) is 24.3 Å². The molecule has 0 bridgehead atoms. The van der Waals surface area contributed by atoms with Crippen molar-refractivity contribution in [3.05, 3.63) is 24.3 Å². The summed E-state index contributed by atoms with van der Waals surface area (Å²) in [5, 5.41) is 1.16. The van der Waals surface area contributed by atoms with Crippen molar-refractivity contribution in [1.29, 1.82) is 0 Å². The average molecular weight is 278 g/mol. The molecule has 0 radical (unpaired) electrons. The normalized spacial score (nSPS) is 18.2. The molecule has 6 nitrogen and oxygen atoms in total. The highest BCUT2D eigenvalue weighted by atomic mass is 16.7. The molecule has 1 aliphatic heterocycles. The summed E-state index contributed by atoms with van der Waals surface area (Å²) in [6.07, 6.45) is 0.207. The Bertz CT molecular complexity index is 500. The van der Waals surface area contributed by atoms with Gasteiger partial charge in [-0.2, -0.15) is 0 Å². The second-order valence-electron chi connectivity index (χ2n) is 4.62. The second kappa shape index (κ2) is 5.92. The topological polar surface area (TPSA) is 59.1 Å². The van der Waals surface area contributed by atoms with Gasteiger partial charge in [-0.15, -0.1) is 0 Å². The van der Waals surface area contributed by atoms with Crippen LogP contribution in [0.25, 0.3) is 0 Å². The SMILES string of the molecule is COc1ccc(N2C[C@H](C(=O)N(C)OC)CC2=O)cc1. The van der Waals surface area contributed by atoms with Crippen molar-refractivity contribution in [3.63, 3.8) is 0 Å². The maximum Gasteiger partial charge on any atom is 0.251 e. The largest absolute Gasteiger partial charge is 0.497 e. The first-order valence-electron chi connectivity index (χ1n) is 6.33. The van der Waals surface area contributed by atoms with E-state index in [-0.39, 0.29) is 24.2 Å². The van der Waals surface area contributed by atoms with Gasteiger partial charge in [0.2, 0.25) is 5.91 Å². The number of anilines is 1. The Morgan fingerprint density at radius 2 is 1.95 bits per heavy atom. The van der Waals surface area contributed by atoms with E-state index in [1.165, 1.54) is 7.11 Å². The Labute approximate surface area is 117 Å². The smallest absolute Gasteiger partial charge is 0.251 e. The van der Waals surface area contributed by atoms with E-state index in [2.05, 4.69) is 0 Å². The number of methoxy groups -OCH3 is 1. The molecule has 0 spiro atoms. The van der Waals surface area contributed by atoms with E-state index in [1.807, 2.05) is 12.1 Å². The van der Waals surface area contributed by atoms with Crippen LogP contribution in [0.3, 0.4) is 0 Å². The molecule has 2 amide bonds. The molecule has 1 aromatic carbocycles. The molecule has 0 aromatic heterocycles. The zero-order valence-corrected chi connectivity index (χ0v) is 11.8. The van der Waals surface area contributed by atoms with Gasteiger partial charge in [-0.25, -0.2) is 5.06 Å². The lowest BCUT2D eigenvalue weighted by molar-refractivity contribution is -0.172. The van der Waals surface area contributed by atoms with Gasteiger partial charge in [0.1, 0.15) is 5.75 Å². The zero-order chi connectivity index (χ0) is 14.7. The van der Waals surface area contributed by atoms with E-state index in [1.54, 1.807) is 31.2 Å². The maximum absolute atomic E-state index is 12.0. The number of carbonyl (C=O) groups excluding carboxylic acids is 2. The summed E-state index contributed by atoms with van der Waals surface area (Å²) in [5.74, 6) is 0.122. The van der Waals surface area contributed by atoms with Gasteiger partial charge < -0.3 is 9.64 Å². The van der Waals surface area contributed by atoms with Crippen LogP contribution in [0.1, 0.15) is 6.42 Å². The molecule has 0 unspecified atom stereocenters. The Balaban J connectivity index is 2.10. The minimum Gasteiger partial charge on any atom is -0.497 e. The van der Waals surface area contributed by atoms with Crippen LogP contribution in [-0.4, -0.2) is 44.7 Å². The molecule has 0 N–H and O–H groups in total. The van der Waals surface area contributed by atoms with Gasteiger partial charge in [-0.3, -0.25) is 14.4 Å². The minimum absolute atomic E-state index is 0.0574. The van der Waals surface area contributed by atoms with Crippen molar-refractivity contribution in [3.8, 4) is 5.75 Å². The summed E-state index contributed by atoms with van der Waals surface area (Å²) in [6.45, 7) is 0.373. The molecular formula is C14H18N2O4. The second-order valence-corrected chi connectivity index (χ2v) is 4.62. The predicted molar refractivity (Wildman–Crippen MR) is 73.2 cm³/mol. The molecule has 20 heavy (non-hydrogen) atoms. The number of rotatable bonds is 4. The Hall–Kier alpha value is -2.08. The first-order chi connectivity index (χ1) is 9.56. The average Bonchev–Trinajstić information content (AvgIpc) is 2.87. The van der Waals surface area contributed by atoms with Gasteiger partial charge in [0.25, 0.3) is 5.91 Å². The molecule has 1 atom stereocenters. The summed E-state index contributed by atoms with van der Waals surface area (Å²) >= 11 is 0. The highest BCUT2D eigenvalue weighted by Gasteiger charge is 2.36. The molecule has 1 saturated heterocycles. The summed E-state index contributed by atoms with van der Waals surface area (Å²) in [5.41, 5.74) is 0.770. The lowest BCUT2D eigenvalue weighted by Crippen LogP contribution is -2.34. The summed E-state index contributed by atoms with van der Waals surface area (Å²) in [7, 11) is 4.56. The predicted octanol–water partition coefficient (Wildman–Crippen LogP) is 1.07. The fraction of sp³-hybridized carbons (Fsp3) is 0.429. The lowest BCUT2D eigenvalue weighted by atomic mass is 10.1. The molecule has 0 aliphatic carbocycles. The molecule has 2 rings (SSSR count). The van der Waals surface area contributed by atoms with Crippen LogP contribution in [0.4, 0.5) is 5.69 Å². The lowest BCUT2D eigenvalue weighted by Gasteiger charge is -2.19. The van der Waals surface area contributed by atoms with Gasteiger partial charge >= 0.3 is 0 Å². The summed E-state index contributed by atoms with van der Waals surface area (Å²) < 4.78 is 5.08. The number of hydroxylamine groups is 2. The number of hydrogen-bond donors (Lipinski definition) is 0. The first-order valence-corrected chi connectivity index (χ1v) is 6.33. The Morgan fingerprint density at radius 1 is 1.30 bits per heavy atom. The van der Waals surface area contributed by atoms with E-state index < -0.39 is 0 Å². The monoisotopic (exact) mass is 278 g/mol. The van der Waals surface area contributed by atoms with Gasteiger partial charge in [0.05, 0.1) is 20.1 Å². The van der Waals surface area contributed by atoms with Crippen molar-refractivity contribution >= 4 is 17.5 Å². The number of amides is 2. The van der Waals surface area contributed by atoms with Gasteiger partial charge in [-0.1, -0.05) is 0 Å². The van der Waals surface area contributed by atoms with Crippen molar-refractivity contribution < 1.29 is 19.2 Å². The molecule has 1 heterocycles. The maximum atomic E-state index is 12.0. The fourth-order valence-corrected chi connectivity index (χ4v) is 2.23. The van der Waals surface area contributed by atoms with Gasteiger partial charge in [0.15, 0.2) is 0 Å². The van der Waals surface area contributed by atoms with E-state index in [0.29, 0.717) is 6.54 Å². The molecule has 0 saturated carbocycles. The minimum atomic E-state index is -0.366. The van der Waals surface area contributed by atoms with Crippen molar-refractivity contribution in [2.45, 2.75) is 6.42 Å². The fourth-order valence-electron chi connectivity index (χ4n) is 2.23. The summed E-state index contributed by atoms with van der Waals surface area (Å²) in [4.78, 5) is 30.5. The third-order valence-corrected chi connectivity index (χ3v) is 3.44. The third kappa shape index (κ3) is 2.75. The van der Waals surface area contributed by atoms with Crippen LogP contribution in [0, 0.1) is 5.92 Å². The van der Waals surface area contributed by atoms with Crippen molar-refractivity contribution in [1.82, 2.24) is 5.06 Å². The highest BCUT2D eigenvalue weighted by Crippen LogP contribution is 2.27. The van der Waals surface area contributed by atoms with E-state index in [4.69, 9.17) is 9.57 Å². The number of ether oxygens (including phenoxy) is 1. The van der Waals surface area contributed by atoms with E-state index in [9.17, 15) is 9.59 Å². The number of carbonyl (C=O) groups is 2. The van der Waals surface area contributed by atoms with Crippen molar-refractivity contribution in [2.75, 3.05) is 32.7 Å². The van der Waals surface area contributed by atoms with Gasteiger partial charge in [-0.05, 0) is 24.3 Å². The van der Waals surface area contributed by atoms with Crippen LogP contribution < -0.4 is 9.64 Å². The van der Waals surface area contributed by atoms with Crippen LogP contribution in [0.2, 0.25) is 0 Å².